The Morgan fingerprint density at radius 1 is 0.726 bits per heavy atom. The number of primary amides is 1. The Labute approximate surface area is 424 Å². The number of carbonyl (C=O) groups excluding carboxylic acids is 8. The average molecular weight is 1010 g/mol. The molecule has 1 aliphatic heterocycles. The van der Waals surface area contributed by atoms with E-state index in [0.29, 0.717) is 42.4 Å². The molecule has 0 saturated carbocycles. The van der Waals surface area contributed by atoms with Crippen LogP contribution in [-0.2, 0) is 57.6 Å². The van der Waals surface area contributed by atoms with Crippen LogP contribution in [0.5, 0.6) is 0 Å². The van der Waals surface area contributed by atoms with Crippen LogP contribution in [0.1, 0.15) is 87.8 Å². The van der Waals surface area contributed by atoms with Crippen LogP contribution in [0.25, 0.3) is 10.9 Å². The minimum absolute atomic E-state index is 0.0306. The fraction of sp³-hybridized carbons (Fsp3) is 0.451. The highest BCUT2D eigenvalue weighted by atomic mass is 16.2. The van der Waals surface area contributed by atoms with Crippen LogP contribution in [0.3, 0.4) is 0 Å². The summed E-state index contributed by atoms with van der Waals surface area (Å²) in [6.45, 7) is 2.19. The van der Waals surface area contributed by atoms with Gasteiger partial charge in [-0.05, 0) is 73.8 Å². The Hall–Kier alpha value is -7.88. The molecule has 0 unspecified atom stereocenters. The van der Waals surface area contributed by atoms with Gasteiger partial charge in [-0.25, -0.2) is 0 Å². The predicted octanol–water partition coefficient (Wildman–Crippen LogP) is -0.364. The molecule has 392 valence electrons. The SMILES string of the molecule is CCCC[C@H](N)C(=O)N[C@H]1CCC(=O)NCCCC[C@@H](C(N)=O)NC(=O)[C@H](Cc2c[nH]c3ccccc23)NC(=O)[C@H](CCCN=C(N)N)NC(=O)[C@H](Cc2ccccc2)NC(=O)[C@H](Cc2cccnc2)NC1=O. The van der Waals surface area contributed by atoms with Gasteiger partial charge in [-0.1, -0.05) is 74.4 Å². The molecule has 2 aromatic carbocycles. The van der Waals surface area contributed by atoms with E-state index in [1.807, 2.05) is 31.2 Å². The highest BCUT2D eigenvalue weighted by molar-refractivity contribution is 5.98. The molecule has 73 heavy (non-hydrogen) atoms. The molecule has 0 spiro atoms. The molecule has 1 fully saturated rings. The monoisotopic (exact) mass is 1010 g/mol. The number of benzene rings is 2. The fourth-order valence-corrected chi connectivity index (χ4v) is 8.34. The first-order valence-electron chi connectivity index (χ1n) is 24.8. The van der Waals surface area contributed by atoms with Crippen LogP contribution in [0.4, 0.5) is 0 Å². The number of unbranched alkanes of at least 4 members (excludes halogenated alkanes) is 1. The molecule has 2 aromatic heterocycles. The number of pyridine rings is 1. The lowest BCUT2D eigenvalue weighted by Crippen LogP contribution is -2.60. The number of nitrogens with one attached hydrogen (secondary N) is 8. The number of hydrogen-bond donors (Lipinski definition) is 12. The van der Waals surface area contributed by atoms with Crippen molar-refractivity contribution in [3.63, 3.8) is 0 Å². The number of fused-ring (bicyclic) bond motifs is 1. The van der Waals surface area contributed by atoms with E-state index in [1.54, 1.807) is 54.9 Å². The van der Waals surface area contributed by atoms with E-state index < -0.39 is 89.6 Å². The smallest absolute Gasteiger partial charge is 0.243 e. The normalized spacial score (nSPS) is 21.7. The second kappa shape index (κ2) is 28.8. The molecule has 4 aromatic rings. The van der Waals surface area contributed by atoms with Crippen molar-refractivity contribution in [1.29, 1.82) is 0 Å². The number of hydrogen-bond acceptors (Lipinski definition) is 11. The lowest BCUT2D eigenvalue weighted by molar-refractivity contribution is -0.135. The Morgan fingerprint density at radius 3 is 2.04 bits per heavy atom. The van der Waals surface area contributed by atoms with E-state index in [0.717, 1.165) is 17.3 Å². The van der Waals surface area contributed by atoms with Crippen molar-refractivity contribution < 1.29 is 38.4 Å². The highest BCUT2D eigenvalue weighted by Gasteiger charge is 2.34. The molecule has 22 heteroatoms. The van der Waals surface area contributed by atoms with E-state index in [-0.39, 0.29) is 70.4 Å². The first-order chi connectivity index (χ1) is 35.1. The summed E-state index contributed by atoms with van der Waals surface area (Å²) in [6.07, 6.45) is 6.90. The van der Waals surface area contributed by atoms with Gasteiger partial charge in [-0.2, -0.15) is 0 Å². The summed E-state index contributed by atoms with van der Waals surface area (Å²) >= 11 is 0. The van der Waals surface area contributed by atoms with Gasteiger partial charge in [0.2, 0.25) is 47.3 Å². The van der Waals surface area contributed by atoms with Crippen LogP contribution in [0.15, 0.2) is 90.3 Å². The Kier molecular flexibility index (Phi) is 22.1. The molecule has 3 heterocycles. The third-order valence-electron chi connectivity index (χ3n) is 12.4. The van der Waals surface area contributed by atoms with Gasteiger partial charge in [0, 0.05) is 68.3 Å². The molecular weight excluding hydrogens is 937 g/mol. The summed E-state index contributed by atoms with van der Waals surface area (Å²) in [7, 11) is 0. The summed E-state index contributed by atoms with van der Waals surface area (Å²) < 4.78 is 0. The second-order valence-corrected chi connectivity index (χ2v) is 18.2. The topological polar surface area (TPSA) is 366 Å². The zero-order valence-electron chi connectivity index (χ0n) is 41.2. The largest absolute Gasteiger partial charge is 0.370 e. The Bertz CT molecular complexity index is 2520. The lowest BCUT2D eigenvalue weighted by Gasteiger charge is -2.28. The Morgan fingerprint density at radius 2 is 1.36 bits per heavy atom. The van der Waals surface area contributed by atoms with Crippen molar-refractivity contribution in [1.82, 2.24) is 47.2 Å². The molecule has 22 nitrogen and oxygen atoms in total. The van der Waals surface area contributed by atoms with E-state index in [1.165, 1.54) is 6.20 Å². The summed E-state index contributed by atoms with van der Waals surface area (Å²) in [5.41, 5.74) is 25.8. The first-order valence-corrected chi connectivity index (χ1v) is 24.8. The van der Waals surface area contributed by atoms with Crippen molar-refractivity contribution in [3.8, 4) is 0 Å². The van der Waals surface area contributed by atoms with Gasteiger partial charge in [-0.15, -0.1) is 0 Å². The molecule has 8 amide bonds. The van der Waals surface area contributed by atoms with Crippen molar-refractivity contribution >= 4 is 64.1 Å². The lowest BCUT2D eigenvalue weighted by atomic mass is 10.0. The van der Waals surface area contributed by atoms with Crippen molar-refractivity contribution in [3.05, 3.63) is 102 Å². The highest BCUT2D eigenvalue weighted by Crippen LogP contribution is 2.20. The van der Waals surface area contributed by atoms with Gasteiger partial charge in [0.05, 0.1) is 6.04 Å². The molecule has 0 radical (unpaired) electrons. The van der Waals surface area contributed by atoms with Gasteiger partial charge in [-0.3, -0.25) is 48.3 Å². The van der Waals surface area contributed by atoms with Crippen LogP contribution in [0.2, 0.25) is 0 Å². The molecule has 16 N–H and O–H groups in total. The maximum Gasteiger partial charge on any atom is 0.243 e. The molecule has 1 aliphatic rings. The van der Waals surface area contributed by atoms with Crippen molar-refractivity contribution in [2.45, 2.75) is 133 Å². The van der Waals surface area contributed by atoms with E-state index in [9.17, 15) is 38.4 Å². The number of aliphatic imine (C=N–C) groups is 1. The van der Waals surface area contributed by atoms with Crippen LogP contribution in [0, 0.1) is 0 Å². The number of amides is 8. The zero-order chi connectivity index (χ0) is 52.7. The molecule has 0 bridgehead atoms. The van der Waals surface area contributed by atoms with Gasteiger partial charge >= 0.3 is 0 Å². The van der Waals surface area contributed by atoms with Crippen molar-refractivity contribution in [2.24, 2.45) is 27.9 Å². The minimum Gasteiger partial charge on any atom is -0.370 e. The third-order valence-corrected chi connectivity index (χ3v) is 12.4. The summed E-state index contributed by atoms with van der Waals surface area (Å²) in [5.74, 6) is -5.93. The maximum atomic E-state index is 14.7. The summed E-state index contributed by atoms with van der Waals surface area (Å²) in [4.78, 5) is 123. The zero-order valence-corrected chi connectivity index (χ0v) is 41.2. The molecule has 7 atom stereocenters. The number of nitrogens with two attached hydrogens (primary N) is 4. The minimum atomic E-state index is -1.36. The van der Waals surface area contributed by atoms with E-state index >= 15 is 0 Å². The number of rotatable bonds is 16. The molecule has 1 saturated heterocycles. The fourth-order valence-electron chi connectivity index (χ4n) is 8.34. The third kappa shape index (κ3) is 18.4. The average Bonchev–Trinajstić information content (AvgIpc) is 3.78. The van der Waals surface area contributed by atoms with Crippen LogP contribution >= 0.6 is 0 Å². The number of nitrogens with zero attached hydrogens (tertiary/aromatic N) is 2. The van der Waals surface area contributed by atoms with Gasteiger partial charge in [0.25, 0.3) is 0 Å². The number of aromatic amines is 1. The quantitative estimate of drug-likeness (QED) is 0.0389. The summed E-state index contributed by atoms with van der Waals surface area (Å²) in [6, 6.07) is 10.8. The maximum absolute atomic E-state index is 14.7. The molecular formula is C51H70N14O8. The molecule has 5 rings (SSSR count). The number of carbonyl (C=O) groups is 8. The van der Waals surface area contributed by atoms with Gasteiger partial charge in [0.1, 0.15) is 36.3 Å². The van der Waals surface area contributed by atoms with E-state index in [2.05, 4.69) is 52.2 Å². The number of aromatic nitrogens is 2. The number of H-pyrrole nitrogens is 1. The standard InChI is InChI=1S/C51H70N14O8/c1-2-3-17-35(52)45(68)61-39-21-22-43(66)57-24-10-9-19-37(44(53)67)60-50(73)42(28-33-30-59-36-18-8-7-16-34(33)36)65-46(69)38(20-12-25-58-51(54)55)62-48(71)40(26-31-13-5-4-6-14-31)64-49(72)41(63-47(39)70)27-32-15-11-23-56-29-32/h4-8,11,13-16,18,23,29-30,35,37-42,59H,2-3,9-10,12,17,19-22,24-28,52H2,1H3,(H2,53,67)(H,57,66)(H,60,73)(H,61,68)(H,62,71)(H,63,70)(H,64,72)(H,65,69)(H4,54,55,58)/t35-,37-,38-,39-,40-,41-,42-/m0/s1. The van der Waals surface area contributed by atoms with Gasteiger partial charge < -0.3 is 65.1 Å². The van der Waals surface area contributed by atoms with E-state index in [4.69, 9.17) is 22.9 Å². The number of guanidine groups is 1. The van der Waals surface area contributed by atoms with Crippen LogP contribution < -0.4 is 60.2 Å². The first kappa shape index (κ1) is 56.0. The second-order valence-electron chi connectivity index (χ2n) is 18.2. The van der Waals surface area contributed by atoms with Crippen LogP contribution in [-0.4, -0.2) is 119 Å². The summed E-state index contributed by atoms with van der Waals surface area (Å²) in [5, 5.41) is 20.1. The predicted molar refractivity (Wildman–Crippen MR) is 274 cm³/mol. The van der Waals surface area contributed by atoms with Crippen molar-refractivity contribution in [2.75, 3.05) is 13.1 Å². The van der Waals surface area contributed by atoms with Gasteiger partial charge in [0.15, 0.2) is 5.96 Å². The molecule has 0 aliphatic carbocycles. The number of para-hydroxylation sites is 1. The Balaban J connectivity index is 1.54.